The molecule has 1 aromatic carbocycles. The van der Waals surface area contributed by atoms with Gasteiger partial charge in [-0.2, -0.15) is 0 Å². The normalized spacial score (nSPS) is 17.1. The molecule has 88 valence electrons. The first-order valence-corrected chi connectivity index (χ1v) is 6.08. The van der Waals surface area contributed by atoms with E-state index >= 15 is 0 Å². The van der Waals surface area contributed by atoms with Crippen LogP contribution in [0.5, 0.6) is 5.75 Å². The van der Waals surface area contributed by atoms with Gasteiger partial charge in [-0.1, -0.05) is 6.07 Å². The van der Waals surface area contributed by atoms with Gasteiger partial charge in [-0.25, -0.2) is 0 Å². The second-order valence-electron chi connectivity index (χ2n) is 4.13. The molecule has 16 heavy (non-hydrogen) atoms. The number of rotatable bonds is 4. The molecule has 0 saturated carbocycles. The molecule has 0 unspecified atom stereocenters. The summed E-state index contributed by atoms with van der Waals surface area (Å²) in [6.07, 6.45) is 2.39. The minimum atomic E-state index is 0.595. The number of nitrogens with one attached hydrogen (secondary N) is 2. The Morgan fingerprint density at radius 3 is 2.94 bits per heavy atom. The third kappa shape index (κ3) is 3.14. The topological polar surface area (TPSA) is 33.3 Å². The fraction of sp³-hybridized carbons (Fsp3) is 0.538. The van der Waals surface area contributed by atoms with Gasteiger partial charge in [0.1, 0.15) is 5.75 Å². The fourth-order valence-electron chi connectivity index (χ4n) is 2.04. The van der Waals surface area contributed by atoms with Crippen molar-refractivity contribution in [2.24, 2.45) is 0 Å². The highest BCUT2D eigenvalue weighted by atomic mass is 16.5. The third-order valence-corrected chi connectivity index (χ3v) is 2.85. The summed E-state index contributed by atoms with van der Waals surface area (Å²) in [7, 11) is 0. The first-order valence-electron chi connectivity index (χ1n) is 6.08. The van der Waals surface area contributed by atoms with Crippen LogP contribution in [0.2, 0.25) is 0 Å². The van der Waals surface area contributed by atoms with Crippen LogP contribution < -0.4 is 15.4 Å². The van der Waals surface area contributed by atoms with Gasteiger partial charge in [0.25, 0.3) is 0 Å². The predicted molar refractivity (Wildman–Crippen MR) is 67.1 cm³/mol. The molecule has 0 amide bonds. The van der Waals surface area contributed by atoms with E-state index in [9.17, 15) is 0 Å². The largest absolute Gasteiger partial charge is 0.494 e. The van der Waals surface area contributed by atoms with E-state index < -0.39 is 0 Å². The lowest BCUT2D eigenvalue weighted by molar-refractivity contribution is 0.340. The van der Waals surface area contributed by atoms with E-state index in [1.165, 1.54) is 12.8 Å². The van der Waals surface area contributed by atoms with Crippen molar-refractivity contribution in [2.45, 2.75) is 25.8 Å². The Bertz CT molecular complexity index is 321. The van der Waals surface area contributed by atoms with Crippen molar-refractivity contribution < 1.29 is 4.74 Å². The summed E-state index contributed by atoms with van der Waals surface area (Å²) in [6.45, 7) is 4.95. The Labute approximate surface area is 97.2 Å². The van der Waals surface area contributed by atoms with Crippen LogP contribution >= 0.6 is 0 Å². The van der Waals surface area contributed by atoms with Gasteiger partial charge < -0.3 is 15.4 Å². The maximum Gasteiger partial charge on any atom is 0.121 e. The molecule has 2 rings (SSSR count). The first kappa shape index (κ1) is 11.3. The Hall–Kier alpha value is -1.22. The van der Waals surface area contributed by atoms with Crippen molar-refractivity contribution in [2.75, 3.05) is 25.0 Å². The lowest BCUT2D eigenvalue weighted by Crippen LogP contribution is -2.35. The van der Waals surface area contributed by atoms with Crippen LogP contribution in [0.25, 0.3) is 0 Å². The molecule has 1 heterocycles. The van der Waals surface area contributed by atoms with Crippen LogP contribution in [0.4, 0.5) is 5.69 Å². The minimum absolute atomic E-state index is 0.595. The van der Waals surface area contributed by atoms with Gasteiger partial charge in [-0.3, -0.25) is 0 Å². The number of hydrogen-bond acceptors (Lipinski definition) is 3. The van der Waals surface area contributed by atoms with Crippen LogP contribution in [0.15, 0.2) is 24.3 Å². The van der Waals surface area contributed by atoms with E-state index in [0.717, 1.165) is 31.1 Å². The maximum atomic E-state index is 5.48. The number of benzene rings is 1. The molecular weight excluding hydrogens is 200 g/mol. The molecular formula is C13H20N2O. The molecule has 0 aromatic heterocycles. The van der Waals surface area contributed by atoms with Crippen LogP contribution in [0.3, 0.4) is 0 Å². The predicted octanol–water partition coefficient (Wildman–Crippen LogP) is 2.25. The molecule has 1 aliphatic rings. The smallest absolute Gasteiger partial charge is 0.121 e. The second-order valence-corrected chi connectivity index (χ2v) is 4.13. The molecule has 3 heteroatoms. The molecule has 0 bridgehead atoms. The Morgan fingerprint density at radius 1 is 1.38 bits per heavy atom. The van der Waals surface area contributed by atoms with Gasteiger partial charge in [0.15, 0.2) is 0 Å². The SMILES string of the molecule is CCOc1cccc(NC2CCNCC2)c1. The van der Waals surface area contributed by atoms with Crippen molar-refractivity contribution in [3.05, 3.63) is 24.3 Å². The quantitative estimate of drug-likeness (QED) is 0.816. The lowest BCUT2D eigenvalue weighted by atomic mass is 10.1. The van der Waals surface area contributed by atoms with Gasteiger partial charge in [-0.05, 0) is 45.0 Å². The standard InChI is InChI=1S/C13H20N2O/c1-2-16-13-5-3-4-12(10-13)15-11-6-8-14-9-7-11/h3-5,10-11,14-15H,2,6-9H2,1H3. The Morgan fingerprint density at radius 2 is 2.19 bits per heavy atom. The van der Waals surface area contributed by atoms with E-state index in [-0.39, 0.29) is 0 Å². The number of ether oxygens (including phenoxy) is 1. The van der Waals surface area contributed by atoms with Crippen molar-refractivity contribution in [1.29, 1.82) is 0 Å². The number of hydrogen-bond donors (Lipinski definition) is 2. The van der Waals surface area contributed by atoms with Crippen LogP contribution in [-0.4, -0.2) is 25.7 Å². The summed E-state index contributed by atoms with van der Waals surface area (Å²) in [5.41, 5.74) is 1.16. The summed E-state index contributed by atoms with van der Waals surface area (Å²) < 4.78 is 5.48. The van der Waals surface area contributed by atoms with Crippen LogP contribution in [0.1, 0.15) is 19.8 Å². The van der Waals surface area contributed by atoms with Gasteiger partial charge >= 0.3 is 0 Å². The Balaban J connectivity index is 1.94. The zero-order valence-electron chi connectivity index (χ0n) is 9.83. The molecule has 0 aliphatic carbocycles. The van der Waals surface area contributed by atoms with Crippen molar-refractivity contribution in [3.8, 4) is 5.75 Å². The summed E-state index contributed by atoms with van der Waals surface area (Å²) in [6, 6.07) is 8.81. The molecule has 2 N–H and O–H groups in total. The van der Waals surface area contributed by atoms with Crippen LogP contribution in [0, 0.1) is 0 Å². The van der Waals surface area contributed by atoms with E-state index in [4.69, 9.17) is 4.74 Å². The zero-order chi connectivity index (χ0) is 11.2. The minimum Gasteiger partial charge on any atom is -0.494 e. The molecule has 1 aromatic rings. The molecule has 1 aliphatic heterocycles. The molecule has 1 saturated heterocycles. The van der Waals surface area contributed by atoms with Gasteiger partial charge in [0.05, 0.1) is 6.61 Å². The lowest BCUT2D eigenvalue weighted by Gasteiger charge is -2.24. The van der Waals surface area contributed by atoms with Crippen molar-refractivity contribution >= 4 is 5.69 Å². The van der Waals surface area contributed by atoms with E-state index in [2.05, 4.69) is 22.8 Å². The van der Waals surface area contributed by atoms with Gasteiger partial charge in [0.2, 0.25) is 0 Å². The highest BCUT2D eigenvalue weighted by molar-refractivity contribution is 5.48. The summed E-state index contributed by atoms with van der Waals surface area (Å²) >= 11 is 0. The summed E-state index contributed by atoms with van der Waals surface area (Å²) in [4.78, 5) is 0. The van der Waals surface area contributed by atoms with Crippen molar-refractivity contribution in [1.82, 2.24) is 5.32 Å². The monoisotopic (exact) mass is 220 g/mol. The van der Waals surface area contributed by atoms with Crippen LogP contribution in [-0.2, 0) is 0 Å². The molecule has 0 atom stereocenters. The molecule has 3 nitrogen and oxygen atoms in total. The fourth-order valence-corrected chi connectivity index (χ4v) is 2.04. The maximum absolute atomic E-state index is 5.48. The van der Waals surface area contributed by atoms with E-state index in [1.807, 2.05) is 19.1 Å². The summed E-state index contributed by atoms with van der Waals surface area (Å²) in [5.74, 6) is 0.946. The highest BCUT2D eigenvalue weighted by Gasteiger charge is 2.12. The summed E-state index contributed by atoms with van der Waals surface area (Å²) in [5, 5.41) is 6.93. The van der Waals surface area contributed by atoms with Gasteiger partial charge in [-0.15, -0.1) is 0 Å². The average molecular weight is 220 g/mol. The third-order valence-electron chi connectivity index (χ3n) is 2.85. The molecule has 0 radical (unpaired) electrons. The molecule has 0 spiro atoms. The second kappa shape index (κ2) is 5.75. The van der Waals surface area contributed by atoms with E-state index in [0.29, 0.717) is 6.04 Å². The van der Waals surface area contributed by atoms with Gasteiger partial charge in [0, 0.05) is 17.8 Å². The van der Waals surface area contributed by atoms with E-state index in [1.54, 1.807) is 0 Å². The highest BCUT2D eigenvalue weighted by Crippen LogP contribution is 2.19. The number of anilines is 1. The Kier molecular flexibility index (Phi) is 4.05. The first-order chi connectivity index (χ1) is 7.88. The average Bonchev–Trinajstić information content (AvgIpc) is 2.31. The number of piperidine rings is 1. The van der Waals surface area contributed by atoms with Crippen molar-refractivity contribution in [3.63, 3.8) is 0 Å². The molecule has 1 fully saturated rings. The zero-order valence-corrected chi connectivity index (χ0v) is 9.83.